The molecule has 3 aromatic rings. The zero-order valence-corrected chi connectivity index (χ0v) is 12.7. The van der Waals surface area contributed by atoms with E-state index in [1.54, 1.807) is 48.5 Å². The number of hydrogen-bond donors (Lipinski definition) is 0. The molecule has 0 spiro atoms. The molecule has 0 aliphatic rings. The lowest BCUT2D eigenvalue weighted by molar-refractivity contribution is 0.0734. The molecule has 0 bridgehead atoms. The zero-order chi connectivity index (χ0) is 16.8. The Morgan fingerprint density at radius 3 is 2.21 bits per heavy atom. The minimum atomic E-state index is -0.488. The Labute approximate surface area is 139 Å². The van der Waals surface area contributed by atoms with Crippen molar-refractivity contribution in [2.45, 2.75) is 0 Å². The molecule has 0 amide bonds. The van der Waals surface area contributed by atoms with Crippen molar-refractivity contribution in [1.29, 1.82) is 5.26 Å². The second-order valence-electron chi connectivity index (χ2n) is 4.97. The molecule has 3 aromatic carbocycles. The van der Waals surface area contributed by atoms with Gasteiger partial charge in [-0.3, -0.25) is 0 Å². The van der Waals surface area contributed by atoms with Crippen LogP contribution in [-0.2, 0) is 0 Å². The average molecular weight is 315 g/mol. The smallest absolute Gasteiger partial charge is 0.343 e. The van der Waals surface area contributed by atoms with Gasteiger partial charge in [0, 0.05) is 0 Å². The molecule has 116 valence electrons. The molecule has 0 saturated carbocycles. The summed E-state index contributed by atoms with van der Waals surface area (Å²) in [4.78, 5) is 12.2. The van der Waals surface area contributed by atoms with E-state index in [2.05, 4.69) is 0 Å². The first-order valence-corrected chi connectivity index (χ1v) is 7.30. The third kappa shape index (κ3) is 3.79. The standard InChI is InChI=1S/C20H13NO3/c21-14-15-9-11-18(12-10-15)24-20(22)16-5-4-8-19(13-16)23-17-6-2-1-3-7-17/h1-13H. The minimum Gasteiger partial charge on any atom is -0.457 e. The van der Waals surface area contributed by atoms with Crippen LogP contribution < -0.4 is 9.47 Å². The summed E-state index contributed by atoms with van der Waals surface area (Å²) >= 11 is 0. The zero-order valence-electron chi connectivity index (χ0n) is 12.7. The summed E-state index contributed by atoms with van der Waals surface area (Å²) in [6.45, 7) is 0. The summed E-state index contributed by atoms with van der Waals surface area (Å²) in [6.07, 6.45) is 0. The van der Waals surface area contributed by atoms with Gasteiger partial charge in [-0.2, -0.15) is 5.26 Å². The number of carbonyl (C=O) groups is 1. The molecule has 0 saturated heterocycles. The molecule has 3 rings (SSSR count). The Bertz CT molecular complexity index is 881. The van der Waals surface area contributed by atoms with E-state index < -0.39 is 5.97 Å². The van der Waals surface area contributed by atoms with Gasteiger partial charge in [0.25, 0.3) is 0 Å². The van der Waals surface area contributed by atoms with E-state index in [9.17, 15) is 4.79 Å². The highest BCUT2D eigenvalue weighted by atomic mass is 16.5. The number of esters is 1. The van der Waals surface area contributed by atoms with E-state index in [4.69, 9.17) is 14.7 Å². The summed E-state index contributed by atoms with van der Waals surface area (Å²) in [5.74, 6) is 1.14. The number of benzene rings is 3. The maximum absolute atomic E-state index is 12.2. The molecule has 4 nitrogen and oxygen atoms in total. The molecule has 0 fully saturated rings. The van der Waals surface area contributed by atoms with Gasteiger partial charge in [-0.25, -0.2) is 4.79 Å². The van der Waals surface area contributed by atoms with Crippen LogP contribution in [0.3, 0.4) is 0 Å². The molecule has 0 atom stereocenters. The molecular weight excluding hydrogens is 302 g/mol. The minimum absolute atomic E-state index is 0.382. The van der Waals surface area contributed by atoms with Crippen LogP contribution in [0.1, 0.15) is 15.9 Å². The SMILES string of the molecule is N#Cc1ccc(OC(=O)c2cccc(Oc3ccccc3)c2)cc1. The van der Waals surface area contributed by atoms with Crippen LogP contribution in [0.4, 0.5) is 0 Å². The lowest BCUT2D eigenvalue weighted by atomic mass is 10.2. The van der Waals surface area contributed by atoms with E-state index in [1.807, 2.05) is 36.4 Å². The van der Waals surface area contributed by atoms with Gasteiger partial charge >= 0.3 is 5.97 Å². The van der Waals surface area contributed by atoms with Crippen molar-refractivity contribution in [2.75, 3.05) is 0 Å². The van der Waals surface area contributed by atoms with Crippen molar-refractivity contribution in [3.63, 3.8) is 0 Å². The number of carbonyl (C=O) groups excluding carboxylic acids is 1. The van der Waals surface area contributed by atoms with E-state index in [1.165, 1.54) is 0 Å². The summed E-state index contributed by atoms with van der Waals surface area (Å²) in [5, 5.41) is 8.77. The lowest BCUT2D eigenvalue weighted by Crippen LogP contribution is -2.08. The summed E-state index contributed by atoms with van der Waals surface area (Å²) in [5.41, 5.74) is 0.890. The third-order valence-electron chi connectivity index (χ3n) is 3.24. The van der Waals surface area contributed by atoms with Gasteiger partial charge in [0.05, 0.1) is 17.2 Å². The predicted molar refractivity (Wildman–Crippen MR) is 89.1 cm³/mol. The van der Waals surface area contributed by atoms with E-state index >= 15 is 0 Å². The molecule has 4 heteroatoms. The number of hydrogen-bond acceptors (Lipinski definition) is 4. The average Bonchev–Trinajstić information content (AvgIpc) is 2.63. The second kappa shape index (κ2) is 7.12. The number of nitriles is 1. The van der Waals surface area contributed by atoms with Crippen LogP contribution in [0.2, 0.25) is 0 Å². The van der Waals surface area contributed by atoms with E-state index in [-0.39, 0.29) is 0 Å². The van der Waals surface area contributed by atoms with Gasteiger partial charge in [0.2, 0.25) is 0 Å². The Hall–Kier alpha value is -3.58. The van der Waals surface area contributed by atoms with Crippen LogP contribution in [0.15, 0.2) is 78.9 Å². The van der Waals surface area contributed by atoms with Crippen LogP contribution in [0, 0.1) is 11.3 Å². The van der Waals surface area contributed by atoms with Crippen molar-refractivity contribution in [2.24, 2.45) is 0 Å². The summed E-state index contributed by atoms with van der Waals surface area (Å²) < 4.78 is 11.0. The lowest BCUT2D eigenvalue weighted by Gasteiger charge is -2.08. The Morgan fingerprint density at radius 1 is 0.792 bits per heavy atom. The van der Waals surface area contributed by atoms with Gasteiger partial charge in [-0.1, -0.05) is 24.3 Å². The quantitative estimate of drug-likeness (QED) is 0.522. The van der Waals surface area contributed by atoms with Crippen molar-refractivity contribution in [3.05, 3.63) is 90.0 Å². The molecule has 0 heterocycles. The van der Waals surface area contributed by atoms with E-state index in [0.717, 1.165) is 0 Å². The number of nitrogens with zero attached hydrogens (tertiary/aromatic N) is 1. The van der Waals surface area contributed by atoms with Crippen molar-refractivity contribution >= 4 is 5.97 Å². The summed E-state index contributed by atoms with van der Waals surface area (Å²) in [6, 6.07) is 24.5. The van der Waals surface area contributed by atoms with Crippen LogP contribution in [0.25, 0.3) is 0 Å². The van der Waals surface area contributed by atoms with Crippen LogP contribution >= 0.6 is 0 Å². The maximum Gasteiger partial charge on any atom is 0.343 e. The van der Waals surface area contributed by atoms with Gasteiger partial charge in [-0.15, -0.1) is 0 Å². The molecule has 0 radical (unpaired) electrons. The predicted octanol–water partition coefficient (Wildman–Crippen LogP) is 4.57. The van der Waals surface area contributed by atoms with Gasteiger partial charge in [-0.05, 0) is 54.6 Å². The van der Waals surface area contributed by atoms with Gasteiger partial charge in [0.15, 0.2) is 0 Å². The highest BCUT2D eigenvalue weighted by Gasteiger charge is 2.10. The van der Waals surface area contributed by atoms with Crippen LogP contribution in [-0.4, -0.2) is 5.97 Å². The number of rotatable bonds is 4. The van der Waals surface area contributed by atoms with Crippen molar-refractivity contribution in [3.8, 4) is 23.3 Å². The number of para-hydroxylation sites is 1. The topological polar surface area (TPSA) is 59.3 Å². The van der Waals surface area contributed by atoms with Gasteiger partial charge in [0.1, 0.15) is 17.2 Å². The first-order valence-electron chi connectivity index (χ1n) is 7.30. The summed E-state index contributed by atoms with van der Waals surface area (Å²) in [7, 11) is 0. The first kappa shape index (κ1) is 15.3. The second-order valence-corrected chi connectivity index (χ2v) is 4.97. The molecule has 0 aromatic heterocycles. The highest BCUT2D eigenvalue weighted by Crippen LogP contribution is 2.22. The van der Waals surface area contributed by atoms with E-state index in [0.29, 0.717) is 28.4 Å². The van der Waals surface area contributed by atoms with Crippen molar-refractivity contribution < 1.29 is 14.3 Å². The molecule has 0 aliphatic heterocycles. The van der Waals surface area contributed by atoms with Gasteiger partial charge < -0.3 is 9.47 Å². The highest BCUT2D eigenvalue weighted by molar-refractivity contribution is 5.91. The molecule has 24 heavy (non-hydrogen) atoms. The number of ether oxygens (including phenoxy) is 2. The normalized spacial score (nSPS) is 9.79. The fourth-order valence-electron chi connectivity index (χ4n) is 2.07. The Kier molecular flexibility index (Phi) is 4.55. The monoisotopic (exact) mass is 315 g/mol. The largest absolute Gasteiger partial charge is 0.457 e. The fourth-order valence-corrected chi connectivity index (χ4v) is 2.07. The van der Waals surface area contributed by atoms with Crippen molar-refractivity contribution in [1.82, 2.24) is 0 Å². The Balaban J connectivity index is 1.73. The fraction of sp³-hybridized carbons (Fsp3) is 0. The third-order valence-corrected chi connectivity index (χ3v) is 3.24. The molecule has 0 aliphatic carbocycles. The van der Waals surface area contributed by atoms with Crippen LogP contribution in [0.5, 0.6) is 17.2 Å². The maximum atomic E-state index is 12.2. The Morgan fingerprint density at radius 2 is 1.50 bits per heavy atom. The molecule has 0 unspecified atom stereocenters. The molecular formula is C20H13NO3. The molecule has 0 N–H and O–H groups in total. The first-order chi connectivity index (χ1) is 11.7.